The van der Waals surface area contributed by atoms with Crippen molar-refractivity contribution in [2.45, 2.75) is 51.2 Å². The fourth-order valence-electron chi connectivity index (χ4n) is 3.29. The molecule has 0 spiro atoms. The number of benzene rings is 1. The van der Waals surface area contributed by atoms with Crippen molar-refractivity contribution in [3.63, 3.8) is 0 Å². The predicted octanol–water partition coefficient (Wildman–Crippen LogP) is 2.74. The van der Waals surface area contributed by atoms with Crippen molar-refractivity contribution in [3.05, 3.63) is 29.3 Å². The summed E-state index contributed by atoms with van der Waals surface area (Å²) in [5, 5.41) is 0. The monoisotopic (exact) mass is 262 g/mol. The van der Waals surface area contributed by atoms with Crippen LogP contribution in [0.2, 0.25) is 0 Å². The number of hydrogen-bond acceptors (Lipinski definition) is 3. The average molecular weight is 262 g/mol. The minimum absolute atomic E-state index is 0.0932. The second-order valence-electron chi connectivity index (χ2n) is 5.50. The van der Waals surface area contributed by atoms with Gasteiger partial charge in [-0.05, 0) is 49.6 Å². The van der Waals surface area contributed by atoms with E-state index in [1.807, 2.05) is 6.07 Å². The first-order valence-electron chi connectivity index (χ1n) is 7.26. The molecule has 2 rings (SSSR count). The minimum atomic E-state index is 0.0932. The van der Waals surface area contributed by atoms with Crippen molar-refractivity contribution in [1.29, 1.82) is 0 Å². The zero-order valence-corrected chi connectivity index (χ0v) is 12.5. The molecule has 2 atom stereocenters. The first kappa shape index (κ1) is 14.4. The van der Waals surface area contributed by atoms with E-state index < -0.39 is 0 Å². The molecular formula is C16H26N2O. The van der Waals surface area contributed by atoms with Crippen LogP contribution in [-0.2, 0) is 6.42 Å². The molecule has 0 saturated carbocycles. The summed E-state index contributed by atoms with van der Waals surface area (Å²) in [6.45, 7) is 4.50. The van der Waals surface area contributed by atoms with E-state index in [1.165, 1.54) is 24.0 Å². The minimum Gasteiger partial charge on any atom is -0.497 e. The highest BCUT2D eigenvalue weighted by atomic mass is 16.5. The lowest BCUT2D eigenvalue weighted by Gasteiger charge is -2.34. The number of methoxy groups -OCH3 is 1. The van der Waals surface area contributed by atoms with Crippen LogP contribution in [0.5, 0.6) is 5.75 Å². The molecule has 1 aliphatic rings. The van der Waals surface area contributed by atoms with Gasteiger partial charge in [-0.25, -0.2) is 0 Å². The van der Waals surface area contributed by atoms with E-state index in [0.717, 1.165) is 12.2 Å². The van der Waals surface area contributed by atoms with Gasteiger partial charge in [0.1, 0.15) is 5.75 Å². The zero-order chi connectivity index (χ0) is 14.0. The maximum Gasteiger partial charge on any atom is 0.119 e. The Morgan fingerprint density at radius 2 is 2.05 bits per heavy atom. The molecule has 1 aromatic carbocycles. The number of nitrogens with zero attached hydrogens (tertiary/aromatic N) is 1. The van der Waals surface area contributed by atoms with Gasteiger partial charge in [0.15, 0.2) is 0 Å². The van der Waals surface area contributed by atoms with Crippen LogP contribution in [0.4, 0.5) is 0 Å². The second-order valence-corrected chi connectivity index (χ2v) is 5.50. The maximum absolute atomic E-state index is 6.47. The van der Waals surface area contributed by atoms with E-state index in [9.17, 15) is 0 Å². The summed E-state index contributed by atoms with van der Waals surface area (Å²) in [5.74, 6) is 0.903. The van der Waals surface area contributed by atoms with Crippen LogP contribution < -0.4 is 10.5 Å². The van der Waals surface area contributed by atoms with Crippen LogP contribution in [0.15, 0.2) is 18.2 Å². The molecule has 0 saturated heterocycles. The SMILES string of the molecule is CCC(CC)N(C)C1Cc2ccc(OC)cc2C1N. The third-order valence-corrected chi connectivity index (χ3v) is 4.60. The van der Waals surface area contributed by atoms with Crippen molar-refractivity contribution in [2.75, 3.05) is 14.2 Å². The first-order chi connectivity index (χ1) is 9.12. The third kappa shape index (κ3) is 2.63. The molecule has 2 N–H and O–H groups in total. The van der Waals surface area contributed by atoms with Gasteiger partial charge in [0.2, 0.25) is 0 Å². The molecule has 0 bridgehead atoms. The number of likely N-dealkylation sites (N-methyl/N-ethyl adjacent to an activating group) is 1. The number of ether oxygens (including phenoxy) is 1. The molecule has 106 valence electrons. The van der Waals surface area contributed by atoms with Gasteiger partial charge >= 0.3 is 0 Å². The fourth-order valence-corrected chi connectivity index (χ4v) is 3.29. The molecule has 0 amide bonds. The van der Waals surface area contributed by atoms with Gasteiger partial charge in [0, 0.05) is 18.1 Å². The number of fused-ring (bicyclic) bond motifs is 1. The Morgan fingerprint density at radius 1 is 1.37 bits per heavy atom. The Hall–Kier alpha value is -1.06. The molecule has 3 nitrogen and oxygen atoms in total. The molecule has 3 heteroatoms. The van der Waals surface area contributed by atoms with E-state index in [4.69, 9.17) is 10.5 Å². The predicted molar refractivity (Wildman–Crippen MR) is 79.5 cm³/mol. The van der Waals surface area contributed by atoms with Gasteiger partial charge in [0.25, 0.3) is 0 Å². The Labute approximate surface area is 116 Å². The molecule has 0 aromatic heterocycles. The van der Waals surface area contributed by atoms with Crippen molar-refractivity contribution >= 4 is 0 Å². The van der Waals surface area contributed by atoms with Crippen molar-refractivity contribution in [1.82, 2.24) is 4.90 Å². The summed E-state index contributed by atoms with van der Waals surface area (Å²) in [6, 6.07) is 7.41. The Balaban J connectivity index is 2.20. The molecule has 19 heavy (non-hydrogen) atoms. The molecule has 1 aliphatic carbocycles. The summed E-state index contributed by atoms with van der Waals surface area (Å²) in [5.41, 5.74) is 9.09. The van der Waals surface area contributed by atoms with Crippen molar-refractivity contribution in [3.8, 4) is 5.75 Å². The van der Waals surface area contributed by atoms with Gasteiger partial charge < -0.3 is 10.5 Å². The molecule has 2 unspecified atom stereocenters. The van der Waals surface area contributed by atoms with E-state index >= 15 is 0 Å². The normalized spacial score (nSPS) is 22.1. The lowest BCUT2D eigenvalue weighted by molar-refractivity contribution is 0.150. The molecule has 0 aliphatic heterocycles. The van der Waals surface area contributed by atoms with Gasteiger partial charge in [-0.15, -0.1) is 0 Å². The second kappa shape index (κ2) is 5.93. The van der Waals surface area contributed by atoms with Gasteiger partial charge in [-0.1, -0.05) is 19.9 Å². The Kier molecular flexibility index (Phi) is 4.48. The quantitative estimate of drug-likeness (QED) is 0.886. The van der Waals surface area contributed by atoms with E-state index in [2.05, 4.69) is 37.9 Å². The molecular weight excluding hydrogens is 236 g/mol. The Bertz CT molecular complexity index is 429. The van der Waals surface area contributed by atoms with Crippen LogP contribution >= 0.6 is 0 Å². The van der Waals surface area contributed by atoms with Crippen molar-refractivity contribution < 1.29 is 4.74 Å². The molecule has 1 aromatic rings. The lowest BCUT2D eigenvalue weighted by atomic mass is 10.0. The van der Waals surface area contributed by atoms with Crippen LogP contribution in [0.3, 0.4) is 0 Å². The topological polar surface area (TPSA) is 38.5 Å². The van der Waals surface area contributed by atoms with Crippen LogP contribution in [-0.4, -0.2) is 31.1 Å². The summed E-state index contributed by atoms with van der Waals surface area (Å²) in [4.78, 5) is 2.47. The zero-order valence-electron chi connectivity index (χ0n) is 12.5. The summed E-state index contributed by atoms with van der Waals surface area (Å²) in [6.07, 6.45) is 3.40. The smallest absolute Gasteiger partial charge is 0.119 e. The van der Waals surface area contributed by atoms with Crippen molar-refractivity contribution in [2.24, 2.45) is 5.73 Å². The van der Waals surface area contributed by atoms with Crippen LogP contribution in [0.1, 0.15) is 43.9 Å². The molecule has 0 fully saturated rings. The summed E-state index contributed by atoms with van der Waals surface area (Å²) in [7, 11) is 3.92. The number of hydrogen-bond donors (Lipinski definition) is 1. The van der Waals surface area contributed by atoms with Crippen LogP contribution in [0.25, 0.3) is 0 Å². The molecule has 0 radical (unpaired) electrons. The van der Waals surface area contributed by atoms with E-state index in [1.54, 1.807) is 7.11 Å². The van der Waals surface area contributed by atoms with Gasteiger partial charge in [-0.3, -0.25) is 4.90 Å². The number of rotatable bonds is 5. The lowest BCUT2D eigenvalue weighted by Crippen LogP contribution is -2.44. The summed E-state index contributed by atoms with van der Waals surface area (Å²) >= 11 is 0. The Morgan fingerprint density at radius 3 is 2.63 bits per heavy atom. The highest BCUT2D eigenvalue weighted by Gasteiger charge is 2.34. The largest absolute Gasteiger partial charge is 0.497 e. The highest BCUT2D eigenvalue weighted by Crippen LogP contribution is 2.35. The van der Waals surface area contributed by atoms with Crippen LogP contribution in [0, 0.1) is 0 Å². The maximum atomic E-state index is 6.47. The standard InChI is InChI=1S/C16H26N2O/c1-5-12(6-2)18(3)15-9-11-7-8-13(19-4)10-14(11)16(15)17/h7-8,10,12,15-16H,5-6,9,17H2,1-4H3. The third-order valence-electron chi connectivity index (χ3n) is 4.60. The number of nitrogens with two attached hydrogens (primary N) is 1. The van der Waals surface area contributed by atoms with Gasteiger partial charge in [0.05, 0.1) is 7.11 Å². The average Bonchev–Trinajstić information content (AvgIpc) is 2.77. The van der Waals surface area contributed by atoms with E-state index in [0.29, 0.717) is 12.1 Å². The summed E-state index contributed by atoms with van der Waals surface area (Å²) < 4.78 is 5.30. The first-order valence-corrected chi connectivity index (χ1v) is 7.26. The molecule has 0 heterocycles. The van der Waals surface area contributed by atoms with Gasteiger partial charge in [-0.2, -0.15) is 0 Å². The van der Waals surface area contributed by atoms with E-state index in [-0.39, 0.29) is 6.04 Å². The fraction of sp³-hybridized carbons (Fsp3) is 0.625. The highest BCUT2D eigenvalue weighted by molar-refractivity contribution is 5.42.